The number of hydrazone groups is 1. The minimum absolute atomic E-state index is 0.0892. The molecule has 0 atom stereocenters. The number of hydrogen-bond acceptors (Lipinski definition) is 6. The van der Waals surface area contributed by atoms with Crippen LogP contribution in [0.15, 0.2) is 64.1 Å². The number of anilines is 2. The van der Waals surface area contributed by atoms with Crippen molar-refractivity contribution in [2.45, 2.75) is 6.54 Å². The molecule has 4 N–H and O–H groups in total. The summed E-state index contributed by atoms with van der Waals surface area (Å²) in [6.07, 6.45) is 1.16. The summed E-state index contributed by atoms with van der Waals surface area (Å²) in [4.78, 5) is 47.7. The van der Waals surface area contributed by atoms with Gasteiger partial charge < -0.3 is 20.4 Å². The molecule has 0 aliphatic carbocycles. The van der Waals surface area contributed by atoms with E-state index in [9.17, 15) is 19.2 Å². The number of amides is 4. The first-order valence-electron chi connectivity index (χ1n) is 9.75. The van der Waals surface area contributed by atoms with Gasteiger partial charge >= 0.3 is 23.6 Å². The second-order valence-electron chi connectivity index (χ2n) is 6.70. The van der Waals surface area contributed by atoms with Crippen molar-refractivity contribution in [3.8, 4) is 0 Å². The molecule has 0 bridgehead atoms. The third kappa shape index (κ3) is 7.57. The summed E-state index contributed by atoms with van der Waals surface area (Å²) >= 11 is 17.6. The highest BCUT2D eigenvalue weighted by atomic mass is 35.5. The van der Waals surface area contributed by atoms with Crippen LogP contribution >= 0.6 is 34.8 Å². The van der Waals surface area contributed by atoms with E-state index in [1.807, 2.05) is 0 Å². The number of halogens is 3. The molecule has 4 amide bonds. The third-order valence-electron chi connectivity index (χ3n) is 4.18. The zero-order chi connectivity index (χ0) is 25.4. The number of carbonyl (C=O) groups excluding carboxylic acids is 4. The average Bonchev–Trinajstić information content (AvgIpc) is 3.28. The molecule has 3 aromatic rings. The molecule has 0 unspecified atom stereocenters. The minimum Gasteiger partial charge on any atom is -0.458 e. The predicted octanol–water partition coefficient (Wildman–Crippen LogP) is 3.58. The molecule has 0 aliphatic heterocycles. The Balaban J connectivity index is 1.44. The Kier molecular flexibility index (Phi) is 8.85. The van der Waals surface area contributed by atoms with Crippen LogP contribution in [0.25, 0.3) is 0 Å². The summed E-state index contributed by atoms with van der Waals surface area (Å²) in [5, 5.41) is 11.6. The van der Waals surface area contributed by atoms with E-state index in [0.29, 0.717) is 16.5 Å². The van der Waals surface area contributed by atoms with Gasteiger partial charge in [-0.05, 0) is 42.5 Å². The number of carbonyl (C=O) groups is 4. The molecule has 13 heteroatoms. The maximum atomic E-state index is 12.0. The van der Waals surface area contributed by atoms with Gasteiger partial charge in [-0.25, -0.2) is 5.43 Å². The Hall–Kier alpha value is -3.86. The normalized spacial score (nSPS) is 10.6. The number of hydrogen-bond donors (Lipinski definition) is 4. The largest absolute Gasteiger partial charge is 0.458 e. The van der Waals surface area contributed by atoms with Crippen molar-refractivity contribution in [3.63, 3.8) is 0 Å². The van der Waals surface area contributed by atoms with E-state index in [2.05, 4.69) is 26.5 Å². The van der Waals surface area contributed by atoms with Crippen LogP contribution < -0.4 is 21.4 Å². The van der Waals surface area contributed by atoms with Gasteiger partial charge in [-0.3, -0.25) is 19.2 Å². The van der Waals surface area contributed by atoms with Crippen molar-refractivity contribution >= 4 is 76.0 Å². The van der Waals surface area contributed by atoms with Crippen LogP contribution in [0.3, 0.4) is 0 Å². The maximum Gasteiger partial charge on any atom is 0.329 e. The quantitative estimate of drug-likeness (QED) is 0.216. The molecule has 1 aromatic heterocycles. The van der Waals surface area contributed by atoms with Crippen LogP contribution in [0.1, 0.15) is 11.5 Å². The molecule has 0 saturated carbocycles. The lowest BCUT2D eigenvalue weighted by Crippen LogP contribution is -2.34. The second kappa shape index (κ2) is 12.0. The lowest BCUT2D eigenvalue weighted by atomic mass is 10.3. The van der Waals surface area contributed by atoms with E-state index in [0.717, 1.165) is 6.21 Å². The molecule has 10 nitrogen and oxygen atoms in total. The highest BCUT2D eigenvalue weighted by Crippen LogP contribution is 2.25. The van der Waals surface area contributed by atoms with E-state index >= 15 is 0 Å². The number of para-hydroxylation sites is 1. The molecule has 0 fully saturated rings. The van der Waals surface area contributed by atoms with Crippen LogP contribution in [0, 0.1) is 0 Å². The molecule has 1 heterocycles. The van der Waals surface area contributed by atoms with E-state index in [1.165, 1.54) is 36.4 Å². The van der Waals surface area contributed by atoms with Crippen LogP contribution in [0.2, 0.25) is 15.1 Å². The summed E-state index contributed by atoms with van der Waals surface area (Å²) in [6, 6.07) is 13.9. The maximum absolute atomic E-state index is 12.0. The fourth-order valence-corrected chi connectivity index (χ4v) is 3.00. The molecule has 0 aliphatic rings. The number of benzene rings is 2. The van der Waals surface area contributed by atoms with Gasteiger partial charge in [0.05, 0.1) is 33.5 Å². The monoisotopic (exact) mass is 535 g/mol. The number of nitrogens with zero attached hydrogens (tertiary/aromatic N) is 1. The van der Waals surface area contributed by atoms with Crippen molar-refractivity contribution in [3.05, 3.63) is 81.2 Å². The van der Waals surface area contributed by atoms with Gasteiger partial charge in [0, 0.05) is 5.69 Å². The second-order valence-corrected chi connectivity index (χ2v) is 7.92. The van der Waals surface area contributed by atoms with E-state index < -0.39 is 23.6 Å². The fraction of sp³-hybridized carbons (Fsp3) is 0.0455. The average molecular weight is 537 g/mol. The minimum atomic E-state index is -1.02. The van der Waals surface area contributed by atoms with Gasteiger partial charge in [0.25, 0.3) is 0 Å². The van der Waals surface area contributed by atoms with Crippen LogP contribution in [0.5, 0.6) is 0 Å². The molecule has 3 rings (SSSR count). The smallest absolute Gasteiger partial charge is 0.329 e. The van der Waals surface area contributed by atoms with E-state index in [-0.39, 0.29) is 28.0 Å². The number of furan rings is 1. The highest BCUT2D eigenvalue weighted by molar-refractivity contribution is 6.43. The van der Waals surface area contributed by atoms with Gasteiger partial charge in [0.2, 0.25) is 0 Å². The highest BCUT2D eigenvalue weighted by Gasteiger charge is 2.16. The number of nitrogens with one attached hydrogen (secondary N) is 4. The summed E-state index contributed by atoms with van der Waals surface area (Å²) in [7, 11) is 0. The van der Waals surface area contributed by atoms with Gasteiger partial charge in [0.1, 0.15) is 11.5 Å². The Labute approximate surface area is 213 Å². The van der Waals surface area contributed by atoms with Gasteiger partial charge in [-0.15, -0.1) is 0 Å². The number of rotatable bonds is 6. The van der Waals surface area contributed by atoms with Crippen molar-refractivity contribution < 1.29 is 23.6 Å². The third-order valence-corrected chi connectivity index (χ3v) is 5.24. The van der Waals surface area contributed by atoms with Crippen LogP contribution in [0.4, 0.5) is 11.4 Å². The van der Waals surface area contributed by atoms with Crippen molar-refractivity contribution in [1.82, 2.24) is 10.7 Å². The molecule has 2 aromatic carbocycles. The van der Waals surface area contributed by atoms with E-state index in [1.54, 1.807) is 18.2 Å². The van der Waals surface area contributed by atoms with Crippen molar-refractivity contribution in [2.75, 3.05) is 10.6 Å². The molecule has 180 valence electrons. The lowest BCUT2D eigenvalue weighted by molar-refractivity contribution is -0.136. The summed E-state index contributed by atoms with van der Waals surface area (Å²) in [5.41, 5.74) is 2.63. The standard InChI is InChI=1S/C22H16Cl3N5O5/c23-15-8-5-12(9-17(15)25)28-20(32)19(31)26-10-13-6-7-14(35-13)11-27-30-22(34)21(33)29-18-4-2-1-3-16(18)24/h1-9,11H,10H2,(H,26,31)(H,28,32)(H,29,33)(H,30,34)/b27-11+. The van der Waals surface area contributed by atoms with Crippen molar-refractivity contribution in [1.29, 1.82) is 0 Å². The fourth-order valence-electron chi connectivity index (χ4n) is 2.52. The summed E-state index contributed by atoms with van der Waals surface area (Å²) in [6.45, 7) is -0.0892. The Morgan fingerprint density at radius 1 is 0.800 bits per heavy atom. The lowest BCUT2D eigenvalue weighted by Gasteiger charge is -2.06. The van der Waals surface area contributed by atoms with Gasteiger partial charge in [0.15, 0.2) is 0 Å². The van der Waals surface area contributed by atoms with E-state index in [4.69, 9.17) is 39.2 Å². The predicted molar refractivity (Wildman–Crippen MR) is 131 cm³/mol. The van der Waals surface area contributed by atoms with Gasteiger partial charge in [-0.1, -0.05) is 46.9 Å². The van der Waals surface area contributed by atoms with Gasteiger partial charge in [-0.2, -0.15) is 5.10 Å². The summed E-state index contributed by atoms with van der Waals surface area (Å²) < 4.78 is 5.42. The van der Waals surface area contributed by atoms with Crippen LogP contribution in [-0.2, 0) is 25.7 Å². The molecule has 0 radical (unpaired) electrons. The zero-order valence-corrected chi connectivity index (χ0v) is 19.9. The molecular weight excluding hydrogens is 521 g/mol. The topological polar surface area (TPSA) is 142 Å². The first-order chi connectivity index (χ1) is 16.7. The summed E-state index contributed by atoms with van der Waals surface area (Å²) in [5.74, 6) is -3.26. The first kappa shape index (κ1) is 25.8. The Morgan fingerprint density at radius 2 is 1.54 bits per heavy atom. The van der Waals surface area contributed by atoms with Crippen LogP contribution in [-0.4, -0.2) is 29.8 Å². The molecular formula is C22H16Cl3N5O5. The SMILES string of the molecule is O=C(NCc1ccc(/C=N/NC(=O)C(=O)Nc2ccccc2Cl)o1)C(=O)Nc1ccc(Cl)c(Cl)c1. The molecule has 35 heavy (non-hydrogen) atoms. The Morgan fingerprint density at radius 3 is 2.29 bits per heavy atom. The molecule has 0 saturated heterocycles. The zero-order valence-electron chi connectivity index (χ0n) is 17.6. The Bertz CT molecular complexity index is 1310. The first-order valence-corrected chi connectivity index (χ1v) is 10.9. The molecule has 0 spiro atoms. The van der Waals surface area contributed by atoms with Crippen molar-refractivity contribution in [2.24, 2.45) is 5.10 Å².